The smallest absolute Gasteiger partial charge is 0.0121 e. The Hall–Kier alpha value is -0.0400. The van der Waals surface area contributed by atoms with Gasteiger partial charge in [0.05, 0.1) is 0 Å². The third kappa shape index (κ3) is 4.14. The molecule has 2 unspecified atom stereocenters. The van der Waals surface area contributed by atoms with Crippen molar-refractivity contribution in [2.45, 2.75) is 78.8 Å². The van der Waals surface area contributed by atoms with Crippen LogP contribution in [-0.4, -0.2) is 12.1 Å². The van der Waals surface area contributed by atoms with Crippen LogP contribution >= 0.6 is 0 Å². The second-order valence-electron chi connectivity index (χ2n) is 6.48. The van der Waals surface area contributed by atoms with Crippen LogP contribution < -0.4 is 5.32 Å². The highest BCUT2D eigenvalue weighted by molar-refractivity contribution is 4.89. The minimum absolute atomic E-state index is 0.503. The second kappa shape index (κ2) is 5.34. The van der Waals surface area contributed by atoms with Gasteiger partial charge in [-0.2, -0.15) is 0 Å². The first-order valence-electron chi connectivity index (χ1n) is 6.68. The van der Waals surface area contributed by atoms with Gasteiger partial charge in [0.15, 0.2) is 0 Å². The molecule has 90 valence electrons. The van der Waals surface area contributed by atoms with E-state index in [0.717, 1.165) is 12.0 Å². The Balaban J connectivity index is 2.41. The van der Waals surface area contributed by atoms with Crippen molar-refractivity contribution >= 4 is 0 Å². The summed E-state index contributed by atoms with van der Waals surface area (Å²) in [6.45, 7) is 11.8. The van der Waals surface area contributed by atoms with Gasteiger partial charge in [0.2, 0.25) is 0 Å². The van der Waals surface area contributed by atoms with Crippen molar-refractivity contribution in [2.24, 2.45) is 11.3 Å². The first kappa shape index (κ1) is 13.0. The maximum absolute atomic E-state index is 3.84. The molecule has 1 aliphatic rings. The van der Waals surface area contributed by atoms with Crippen molar-refractivity contribution in [1.29, 1.82) is 0 Å². The molecular weight excluding hydrogens is 182 g/mol. The first-order valence-corrected chi connectivity index (χ1v) is 6.68. The van der Waals surface area contributed by atoms with E-state index in [2.05, 4.69) is 39.9 Å². The van der Waals surface area contributed by atoms with E-state index in [1.54, 1.807) is 0 Å². The van der Waals surface area contributed by atoms with Crippen molar-refractivity contribution in [3.63, 3.8) is 0 Å². The number of nitrogens with one attached hydrogen (secondary N) is 1. The van der Waals surface area contributed by atoms with Crippen LogP contribution in [-0.2, 0) is 0 Å². The Labute approximate surface area is 96.0 Å². The number of hydrogen-bond acceptors (Lipinski definition) is 1. The van der Waals surface area contributed by atoms with E-state index in [4.69, 9.17) is 0 Å². The SMILES string of the molecule is CC(C)CC(C)NC1CCCCC1(C)C. The molecule has 0 radical (unpaired) electrons. The maximum atomic E-state index is 3.84. The van der Waals surface area contributed by atoms with Crippen molar-refractivity contribution < 1.29 is 0 Å². The third-order valence-electron chi connectivity index (χ3n) is 3.82. The quantitative estimate of drug-likeness (QED) is 0.741. The topological polar surface area (TPSA) is 12.0 Å². The summed E-state index contributed by atoms with van der Waals surface area (Å²) >= 11 is 0. The number of rotatable bonds is 4. The molecule has 0 aromatic carbocycles. The summed E-state index contributed by atoms with van der Waals surface area (Å²) < 4.78 is 0. The average molecular weight is 211 g/mol. The van der Waals surface area contributed by atoms with E-state index >= 15 is 0 Å². The van der Waals surface area contributed by atoms with Crippen molar-refractivity contribution in [3.05, 3.63) is 0 Å². The lowest BCUT2D eigenvalue weighted by Gasteiger charge is -2.41. The highest BCUT2D eigenvalue weighted by Gasteiger charge is 2.32. The van der Waals surface area contributed by atoms with Gasteiger partial charge in [-0.1, -0.05) is 40.5 Å². The van der Waals surface area contributed by atoms with Gasteiger partial charge < -0.3 is 5.32 Å². The van der Waals surface area contributed by atoms with E-state index in [1.165, 1.54) is 32.1 Å². The molecule has 0 aliphatic heterocycles. The third-order valence-corrected chi connectivity index (χ3v) is 3.82. The van der Waals surface area contributed by atoms with Crippen LogP contribution in [0.25, 0.3) is 0 Å². The summed E-state index contributed by atoms with van der Waals surface area (Å²) in [4.78, 5) is 0. The minimum atomic E-state index is 0.503. The molecule has 1 fully saturated rings. The molecule has 2 atom stereocenters. The molecule has 1 rings (SSSR count). The van der Waals surface area contributed by atoms with Gasteiger partial charge in [-0.15, -0.1) is 0 Å². The molecule has 1 aliphatic carbocycles. The summed E-state index contributed by atoms with van der Waals surface area (Å²) in [6.07, 6.45) is 6.89. The molecule has 1 heteroatoms. The first-order chi connectivity index (χ1) is 6.92. The lowest BCUT2D eigenvalue weighted by atomic mass is 9.73. The highest BCUT2D eigenvalue weighted by Crippen LogP contribution is 2.35. The van der Waals surface area contributed by atoms with Gasteiger partial charge in [-0.05, 0) is 37.5 Å². The Morgan fingerprint density at radius 2 is 1.87 bits per heavy atom. The molecule has 0 spiro atoms. The van der Waals surface area contributed by atoms with Crippen LogP contribution in [0, 0.1) is 11.3 Å². The van der Waals surface area contributed by atoms with Crippen molar-refractivity contribution in [3.8, 4) is 0 Å². The Kier molecular flexibility index (Phi) is 4.64. The standard InChI is InChI=1S/C14H29N/c1-11(2)10-12(3)15-13-8-6-7-9-14(13,4)5/h11-13,15H,6-10H2,1-5H3. The zero-order valence-electron chi connectivity index (χ0n) is 11.3. The predicted octanol–water partition coefficient (Wildman–Crippen LogP) is 3.98. The molecule has 0 heterocycles. The van der Waals surface area contributed by atoms with Gasteiger partial charge in [-0.25, -0.2) is 0 Å². The summed E-state index contributed by atoms with van der Waals surface area (Å²) in [7, 11) is 0. The summed E-state index contributed by atoms with van der Waals surface area (Å²) in [5.74, 6) is 0.805. The maximum Gasteiger partial charge on any atom is 0.0121 e. The Bertz CT molecular complexity index is 184. The van der Waals surface area contributed by atoms with E-state index in [1.807, 2.05) is 0 Å². The van der Waals surface area contributed by atoms with Crippen LogP contribution in [0.1, 0.15) is 66.7 Å². The van der Waals surface area contributed by atoms with E-state index in [9.17, 15) is 0 Å². The van der Waals surface area contributed by atoms with Gasteiger partial charge in [0.1, 0.15) is 0 Å². The van der Waals surface area contributed by atoms with Gasteiger partial charge in [-0.3, -0.25) is 0 Å². The molecule has 0 saturated heterocycles. The number of hydrogen-bond donors (Lipinski definition) is 1. The van der Waals surface area contributed by atoms with E-state index in [-0.39, 0.29) is 0 Å². The van der Waals surface area contributed by atoms with Crippen LogP contribution in [0.3, 0.4) is 0 Å². The predicted molar refractivity (Wildman–Crippen MR) is 68.1 cm³/mol. The summed E-state index contributed by atoms with van der Waals surface area (Å²) in [5, 5.41) is 3.84. The van der Waals surface area contributed by atoms with Gasteiger partial charge >= 0.3 is 0 Å². The van der Waals surface area contributed by atoms with Crippen LogP contribution in [0.15, 0.2) is 0 Å². The molecule has 0 amide bonds. The zero-order valence-corrected chi connectivity index (χ0v) is 11.3. The highest BCUT2D eigenvalue weighted by atomic mass is 15.0. The molecule has 1 nitrogen and oxygen atoms in total. The fourth-order valence-electron chi connectivity index (χ4n) is 2.92. The van der Waals surface area contributed by atoms with Crippen molar-refractivity contribution in [1.82, 2.24) is 5.32 Å². The Morgan fingerprint density at radius 3 is 2.40 bits per heavy atom. The van der Waals surface area contributed by atoms with Crippen LogP contribution in [0.4, 0.5) is 0 Å². The largest absolute Gasteiger partial charge is 0.311 e. The zero-order chi connectivity index (χ0) is 11.5. The monoisotopic (exact) mass is 211 g/mol. The fraction of sp³-hybridized carbons (Fsp3) is 1.00. The van der Waals surface area contributed by atoms with Crippen LogP contribution in [0.5, 0.6) is 0 Å². The fourth-order valence-corrected chi connectivity index (χ4v) is 2.92. The van der Waals surface area contributed by atoms with Gasteiger partial charge in [0, 0.05) is 12.1 Å². The second-order valence-corrected chi connectivity index (χ2v) is 6.48. The summed E-state index contributed by atoms with van der Waals surface area (Å²) in [5.41, 5.74) is 0.503. The lowest BCUT2D eigenvalue weighted by molar-refractivity contribution is 0.153. The van der Waals surface area contributed by atoms with E-state index in [0.29, 0.717) is 11.5 Å². The Morgan fingerprint density at radius 1 is 1.20 bits per heavy atom. The van der Waals surface area contributed by atoms with Gasteiger partial charge in [0.25, 0.3) is 0 Å². The lowest BCUT2D eigenvalue weighted by Crippen LogP contribution is -2.48. The summed E-state index contributed by atoms with van der Waals surface area (Å²) in [6, 6.07) is 1.41. The minimum Gasteiger partial charge on any atom is -0.311 e. The molecular formula is C14H29N. The average Bonchev–Trinajstić information content (AvgIpc) is 2.07. The normalized spacial score (nSPS) is 28.0. The molecule has 0 bridgehead atoms. The molecule has 1 N–H and O–H groups in total. The molecule has 0 aromatic rings. The molecule has 15 heavy (non-hydrogen) atoms. The van der Waals surface area contributed by atoms with Crippen molar-refractivity contribution in [2.75, 3.05) is 0 Å². The van der Waals surface area contributed by atoms with E-state index < -0.39 is 0 Å². The van der Waals surface area contributed by atoms with Crippen LogP contribution in [0.2, 0.25) is 0 Å². The molecule has 1 saturated carbocycles. The molecule has 0 aromatic heterocycles.